The van der Waals surface area contributed by atoms with Crippen molar-refractivity contribution in [3.05, 3.63) is 121 Å². The highest BCUT2D eigenvalue weighted by Gasteiger charge is 2.24. The minimum absolute atomic E-state index is 0.181. The Bertz CT molecular complexity index is 2870. The van der Waals surface area contributed by atoms with Crippen LogP contribution >= 0.6 is 0 Å². The lowest BCUT2D eigenvalue weighted by molar-refractivity contribution is 0.669. The number of furan rings is 1. The number of hydrogen-bond donors (Lipinski definition) is 0. The fraction of sp³-hybridized carbons (Fsp3) is 0. The van der Waals surface area contributed by atoms with Crippen LogP contribution < -0.4 is 43.7 Å². The molecular formula is C44H20B8O. The van der Waals surface area contributed by atoms with Gasteiger partial charge in [-0.3, -0.25) is 0 Å². The van der Waals surface area contributed by atoms with Crippen LogP contribution in [0.4, 0.5) is 0 Å². The van der Waals surface area contributed by atoms with Crippen molar-refractivity contribution in [1.82, 2.24) is 0 Å². The van der Waals surface area contributed by atoms with E-state index < -0.39 is 0 Å². The fourth-order valence-corrected chi connectivity index (χ4v) is 7.82. The van der Waals surface area contributed by atoms with Crippen molar-refractivity contribution < 1.29 is 4.42 Å². The first-order chi connectivity index (χ1) is 25.7. The smallest absolute Gasteiger partial charge is 0.136 e. The zero-order valence-corrected chi connectivity index (χ0v) is 28.6. The molecule has 0 aliphatic heterocycles. The second-order valence-corrected chi connectivity index (χ2v) is 13.4. The molecule has 0 spiro atoms. The third-order valence-electron chi connectivity index (χ3n) is 10.5. The minimum atomic E-state index is 0.181. The lowest BCUT2D eigenvalue weighted by atomic mass is 9.59. The average Bonchev–Trinajstić information content (AvgIpc) is 3.59. The Morgan fingerprint density at radius 3 is 1.19 bits per heavy atom. The van der Waals surface area contributed by atoms with Gasteiger partial charge < -0.3 is 4.42 Å². The Hall–Kier alpha value is -5.40. The monoisotopic (exact) mass is 652 g/mol. The largest absolute Gasteiger partial charge is 0.456 e. The number of hydrogen-bond acceptors (Lipinski definition) is 1. The van der Waals surface area contributed by atoms with Gasteiger partial charge in [0.2, 0.25) is 0 Å². The van der Waals surface area contributed by atoms with Gasteiger partial charge in [-0.25, -0.2) is 0 Å². The lowest BCUT2D eigenvalue weighted by Gasteiger charge is -2.28. The van der Waals surface area contributed by atoms with Gasteiger partial charge in [0.1, 0.15) is 73.9 Å². The second kappa shape index (κ2) is 12.6. The van der Waals surface area contributed by atoms with Gasteiger partial charge >= 0.3 is 0 Å². The SMILES string of the molecule is [B]c1c([B])c([B])c2c(-c3ccc(-c4ccc(-c5cccc6oc7ccccc7c56)cc4)cc3)c3c([B])c([B])c([B])c([B])c3c(-c3ccccc3)c2c1[B]. The maximum Gasteiger partial charge on any atom is 0.136 e. The molecule has 0 atom stereocenters. The van der Waals surface area contributed by atoms with Crippen LogP contribution in [-0.4, -0.2) is 62.8 Å². The van der Waals surface area contributed by atoms with Crippen LogP contribution in [0.2, 0.25) is 0 Å². The highest BCUT2D eigenvalue weighted by atomic mass is 16.3. The summed E-state index contributed by atoms with van der Waals surface area (Å²) < 4.78 is 6.13. The Morgan fingerprint density at radius 2 is 0.679 bits per heavy atom. The molecule has 1 nitrogen and oxygen atoms in total. The maximum absolute atomic E-state index is 6.87. The van der Waals surface area contributed by atoms with Gasteiger partial charge in [0, 0.05) is 10.8 Å². The number of fused-ring (bicyclic) bond motifs is 5. The first-order valence-electron chi connectivity index (χ1n) is 17.1. The summed E-state index contributed by atoms with van der Waals surface area (Å²) >= 11 is 0. The van der Waals surface area contributed by atoms with Crippen LogP contribution in [0.3, 0.4) is 0 Å². The summed E-state index contributed by atoms with van der Waals surface area (Å²) in [6.45, 7) is 0. The third kappa shape index (κ3) is 5.04. The topological polar surface area (TPSA) is 13.1 Å². The average molecular weight is 651 g/mol. The zero-order chi connectivity index (χ0) is 36.7. The van der Waals surface area contributed by atoms with Gasteiger partial charge in [-0.15, -0.1) is 21.9 Å². The molecule has 8 aromatic carbocycles. The summed E-state index contributed by atoms with van der Waals surface area (Å²) in [6, 6.07) is 40.6. The Morgan fingerprint density at radius 1 is 0.283 bits per heavy atom. The standard InChI is InChI=1S/C44H20B8O/c45-37-33-30(24-7-2-1-3-8-24)34-36(40(48)44(52)42(50)38(34)46)31(35(33)39(47)43(51)41(37)49)25-19-15-22(16-20-25)21-13-17-23(18-14-21)26-10-6-12-29-32(26)27-9-4-5-11-28(27)53-29/h1-20H. The molecule has 226 valence electrons. The highest BCUT2D eigenvalue weighted by Crippen LogP contribution is 2.41. The van der Waals surface area contributed by atoms with E-state index in [2.05, 4.69) is 48.5 Å². The van der Waals surface area contributed by atoms with Crippen LogP contribution in [-0.2, 0) is 0 Å². The molecule has 53 heavy (non-hydrogen) atoms. The molecule has 0 fully saturated rings. The molecule has 9 rings (SSSR count). The van der Waals surface area contributed by atoms with E-state index in [1.165, 1.54) is 0 Å². The van der Waals surface area contributed by atoms with Crippen molar-refractivity contribution >= 4 is 150 Å². The first kappa shape index (κ1) is 33.4. The van der Waals surface area contributed by atoms with Gasteiger partial charge in [-0.2, -0.15) is 0 Å². The number of benzene rings is 8. The fourth-order valence-electron chi connectivity index (χ4n) is 7.82. The van der Waals surface area contributed by atoms with E-state index in [1.54, 1.807) is 0 Å². The van der Waals surface area contributed by atoms with E-state index in [4.69, 9.17) is 67.2 Å². The van der Waals surface area contributed by atoms with E-state index in [1.807, 2.05) is 72.8 Å². The molecule has 0 unspecified atom stereocenters. The van der Waals surface area contributed by atoms with Crippen LogP contribution in [0.15, 0.2) is 126 Å². The van der Waals surface area contributed by atoms with Crippen LogP contribution in [0.25, 0.3) is 88.0 Å². The molecule has 0 bridgehead atoms. The van der Waals surface area contributed by atoms with Crippen LogP contribution in [0.5, 0.6) is 0 Å². The molecule has 16 radical (unpaired) electrons. The molecule has 9 heteroatoms. The molecular weight excluding hydrogens is 631 g/mol. The summed E-state index contributed by atoms with van der Waals surface area (Å²) in [5.74, 6) is 0. The predicted molar refractivity (Wildman–Crippen MR) is 234 cm³/mol. The van der Waals surface area contributed by atoms with Gasteiger partial charge in [0.15, 0.2) is 0 Å². The number of para-hydroxylation sites is 1. The molecule has 1 heterocycles. The normalized spacial score (nSPS) is 11.6. The summed E-state index contributed by atoms with van der Waals surface area (Å²) in [5, 5.41) is 4.56. The molecule has 0 aliphatic carbocycles. The summed E-state index contributed by atoms with van der Waals surface area (Å²) in [7, 11) is 53.4. The summed E-state index contributed by atoms with van der Waals surface area (Å²) in [6.07, 6.45) is 0. The summed E-state index contributed by atoms with van der Waals surface area (Å²) in [5.41, 5.74) is 10.8. The van der Waals surface area contributed by atoms with Gasteiger partial charge in [-0.05, 0) is 78.2 Å². The molecule has 0 aliphatic rings. The van der Waals surface area contributed by atoms with Crippen molar-refractivity contribution in [1.29, 1.82) is 0 Å². The van der Waals surface area contributed by atoms with Crippen molar-refractivity contribution in [3.63, 3.8) is 0 Å². The summed E-state index contributed by atoms with van der Waals surface area (Å²) in [4.78, 5) is 0. The predicted octanol–water partition coefficient (Wildman–Crippen LogP) is 2.91. The zero-order valence-electron chi connectivity index (χ0n) is 28.6. The third-order valence-corrected chi connectivity index (χ3v) is 10.5. The first-order valence-corrected chi connectivity index (χ1v) is 17.1. The Balaban J connectivity index is 1.24. The van der Waals surface area contributed by atoms with E-state index >= 15 is 0 Å². The van der Waals surface area contributed by atoms with E-state index in [-0.39, 0.29) is 43.7 Å². The second-order valence-electron chi connectivity index (χ2n) is 13.4. The Labute approximate surface area is 318 Å². The van der Waals surface area contributed by atoms with Crippen molar-refractivity contribution in [2.45, 2.75) is 0 Å². The molecule has 0 saturated carbocycles. The molecule has 0 amide bonds. The van der Waals surface area contributed by atoms with Gasteiger partial charge in [0.05, 0.1) is 0 Å². The van der Waals surface area contributed by atoms with E-state index in [0.717, 1.165) is 55.3 Å². The van der Waals surface area contributed by atoms with E-state index in [0.29, 0.717) is 32.7 Å². The lowest BCUT2D eigenvalue weighted by Crippen LogP contribution is -2.50. The molecule has 0 saturated heterocycles. The Kier molecular flexibility index (Phi) is 7.97. The molecule has 0 N–H and O–H groups in total. The molecule has 1 aromatic heterocycles. The quantitative estimate of drug-likeness (QED) is 0.211. The van der Waals surface area contributed by atoms with Crippen LogP contribution in [0.1, 0.15) is 0 Å². The minimum Gasteiger partial charge on any atom is -0.456 e. The van der Waals surface area contributed by atoms with Gasteiger partial charge in [-0.1, -0.05) is 131 Å². The maximum atomic E-state index is 6.87. The molecule has 9 aromatic rings. The van der Waals surface area contributed by atoms with Crippen molar-refractivity contribution in [3.8, 4) is 44.5 Å². The van der Waals surface area contributed by atoms with Crippen molar-refractivity contribution in [2.24, 2.45) is 0 Å². The highest BCUT2D eigenvalue weighted by molar-refractivity contribution is 6.71. The van der Waals surface area contributed by atoms with Crippen LogP contribution in [0, 0.1) is 0 Å². The number of rotatable bonds is 4. The van der Waals surface area contributed by atoms with Crippen molar-refractivity contribution in [2.75, 3.05) is 0 Å². The van der Waals surface area contributed by atoms with Gasteiger partial charge in [0.25, 0.3) is 0 Å². The van der Waals surface area contributed by atoms with E-state index in [9.17, 15) is 0 Å².